The normalized spacial score (nSPS) is 10.5. The molecule has 0 atom stereocenters. The number of rotatable bonds is 2. The lowest BCUT2D eigenvalue weighted by atomic mass is 10.0. The van der Waals surface area contributed by atoms with Crippen LogP contribution in [0.2, 0.25) is 0 Å². The van der Waals surface area contributed by atoms with Gasteiger partial charge in [-0.25, -0.2) is 4.98 Å². The van der Waals surface area contributed by atoms with Crippen molar-refractivity contribution in [3.05, 3.63) is 41.7 Å². The molecule has 6 heteroatoms. The number of aryl methyl sites for hydroxylation is 1. The average molecular weight is 279 g/mol. The molecule has 0 radical (unpaired) electrons. The zero-order chi connectivity index (χ0) is 15.0. The summed E-state index contributed by atoms with van der Waals surface area (Å²) in [5.41, 5.74) is 8.72. The van der Waals surface area contributed by atoms with E-state index in [1.165, 1.54) is 0 Å². The molecule has 0 spiro atoms. The van der Waals surface area contributed by atoms with E-state index in [0.29, 0.717) is 22.9 Å². The molecule has 0 fully saturated rings. The smallest absolute Gasteiger partial charge is 0.236 e. The summed E-state index contributed by atoms with van der Waals surface area (Å²) in [5.74, 6) is 1.51. The van der Waals surface area contributed by atoms with Gasteiger partial charge >= 0.3 is 0 Å². The van der Waals surface area contributed by atoms with Gasteiger partial charge in [0.15, 0.2) is 0 Å². The second-order valence-corrected chi connectivity index (χ2v) is 4.67. The molecule has 1 aromatic carbocycles. The van der Waals surface area contributed by atoms with Crippen molar-refractivity contribution in [2.24, 2.45) is 0 Å². The van der Waals surface area contributed by atoms with Crippen LogP contribution in [0, 0.1) is 18.3 Å². The Balaban J connectivity index is 2.20. The van der Waals surface area contributed by atoms with Crippen LogP contribution in [0.3, 0.4) is 0 Å². The Morgan fingerprint density at radius 3 is 2.86 bits per heavy atom. The SMILES string of the molecule is COc1cc(C)c(-c2cn3ccc(N)nc3n2)cc1C#N. The summed E-state index contributed by atoms with van der Waals surface area (Å²) in [6.07, 6.45) is 3.66. The van der Waals surface area contributed by atoms with Crippen LogP contribution in [-0.2, 0) is 0 Å². The molecule has 0 aliphatic rings. The van der Waals surface area contributed by atoms with Crippen LogP contribution in [0.1, 0.15) is 11.1 Å². The molecule has 2 N–H and O–H groups in total. The number of benzene rings is 1. The number of fused-ring (bicyclic) bond motifs is 1. The van der Waals surface area contributed by atoms with E-state index in [0.717, 1.165) is 16.8 Å². The van der Waals surface area contributed by atoms with Crippen molar-refractivity contribution in [2.75, 3.05) is 12.8 Å². The summed E-state index contributed by atoms with van der Waals surface area (Å²) in [4.78, 5) is 8.62. The standard InChI is InChI=1S/C15H13N5O/c1-9-5-13(21-2)10(7-16)6-11(9)12-8-20-4-3-14(17)19-15(20)18-12/h3-6,8H,1-2H3,(H2,17,18,19). The summed E-state index contributed by atoms with van der Waals surface area (Å²) in [5, 5.41) is 9.20. The van der Waals surface area contributed by atoms with Crippen LogP contribution in [0.5, 0.6) is 5.75 Å². The first-order chi connectivity index (χ1) is 10.1. The molecule has 2 heterocycles. The van der Waals surface area contributed by atoms with Gasteiger partial charge < -0.3 is 10.5 Å². The molecule has 6 nitrogen and oxygen atoms in total. The van der Waals surface area contributed by atoms with Crippen molar-refractivity contribution in [1.29, 1.82) is 5.26 Å². The number of anilines is 1. The van der Waals surface area contributed by atoms with Gasteiger partial charge in [0.25, 0.3) is 0 Å². The number of nitrogens with two attached hydrogens (primary N) is 1. The number of hydrogen-bond acceptors (Lipinski definition) is 5. The van der Waals surface area contributed by atoms with Gasteiger partial charge in [-0.3, -0.25) is 4.40 Å². The third-order valence-corrected chi connectivity index (χ3v) is 3.29. The summed E-state index contributed by atoms with van der Waals surface area (Å²) in [7, 11) is 1.55. The maximum atomic E-state index is 9.20. The molecular formula is C15H13N5O. The molecule has 0 amide bonds. The van der Waals surface area contributed by atoms with E-state index in [4.69, 9.17) is 10.5 Å². The van der Waals surface area contributed by atoms with Crippen molar-refractivity contribution in [1.82, 2.24) is 14.4 Å². The summed E-state index contributed by atoms with van der Waals surface area (Å²) in [6, 6.07) is 7.45. The molecule has 0 aliphatic heterocycles. The van der Waals surface area contributed by atoms with Crippen LogP contribution in [0.15, 0.2) is 30.6 Å². The lowest BCUT2D eigenvalue weighted by Crippen LogP contribution is -1.93. The van der Waals surface area contributed by atoms with Gasteiger partial charge in [0.05, 0.1) is 18.4 Å². The van der Waals surface area contributed by atoms with Gasteiger partial charge in [-0.15, -0.1) is 0 Å². The van der Waals surface area contributed by atoms with Gasteiger partial charge in [0, 0.05) is 18.0 Å². The van der Waals surface area contributed by atoms with Crippen LogP contribution >= 0.6 is 0 Å². The van der Waals surface area contributed by atoms with E-state index in [2.05, 4.69) is 16.0 Å². The average Bonchev–Trinajstić information content (AvgIpc) is 2.89. The number of nitrogens with zero attached hydrogens (tertiary/aromatic N) is 4. The largest absolute Gasteiger partial charge is 0.495 e. The van der Waals surface area contributed by atoms with Crippen LogP contribution in [0.4, 0.5) is 5.82 Å². The van der Waals surface area contributed by atoms with Gasteiger partial charge in [-0.2, -0.15) is 10.2 Å². The minimum atomic E-state index is 0.420. The molecule has 104 valence electrons. The Bertz CT molecular complexity index is 876. The minimum absolute atomic E-state index is 0.420. The van der Waals surface area contributed by atoms with Crippen molar-refractivity contribution < 1.29 is 4.74 Å². The van der Waals surface area contributed by atoms with Crippen molar-refractivity contribution in [3.63, 3.8) is 0 Å². The fraction of sp³-hybridized carbons (Fsp3) is 0.133. The molecule has 0 aliphatic carbocycles. The van der Waals surface area contributed by atoms with Gasteiger partial charge in [0.1, 0.15) is 17.6 Å². The van der Waals surface area contributed by atoms with Gasteiger partial charge in [-0.05, 0) is 30.7 Å². The molecule has 0 saturated heterocycles. The maximum Gasteiger partial charge on any atom is 0.236 e. The second kappa shape index (κ2) is 4.80. The lowest BCUT2D eigenvalue weighted by Gasteiger charge is -2.08. The number of nitrogen functional groups attached to an aromatic ring is 1. The molecule has 0 saturated carbocycles. The zero-order valence-corrected chi connectivity index (χ0v) is 11.7. The number of methoxy groups -OCH3 is 1. The Kier molecular flexibility index (Phi) is 2.95. The number of nitriles is 1. The Morgan fingerprint density at radius 1 is 1.33 bits per heavy atom. The van der Waals surface area contributed by atoms with Gasteiger partial charge in [-0.1, -0.05) is 0 Å². The molecule has 0 unspecified atom stereocenters. The molecule has 3 aromatic rings. The van der Waals surface area contributed by atoms with E-state index in [9.17, 15) is 5.26 Å². The molecular weight excluding hydrogens is 266 g/mol. The quantitative estimate of drug-likeness (QED) is 0.776. The van der Waals surface area contributed by atoms with E-state index in [1.807, 2.05) is 19.2 Å². The van der Waals surface area contributed by atoms with Crippen molar-refractivity contribution in [2.45, 2.75) is 6.92 Å². The molecule has 21 heavy (non-hydrogen) atoms. The molecule has 3 rings (SSSR count). The Morgan fingerprint density at radius 2 is 2.14 bits per heavy atom. The molecule has 0 bridgehead atoms. The predicted molar refractivity (Wildman–Crippen MR) is 78.8 cm³/mol. The third kappa shape index (κ3) is 2.15. The summed E-state index contributed by atoms with van der Waals surface area (Å²) in [6.45, 7) is 1.95. The Labute approximate surface area is 121 Å². The highest BCUT2D eigenvalue weighted by Gasteiger charge is 2.12. The van der Waals surface area contributed by atoms with E-state index in [-0.39, 0.29) is 0 Å². The van der Waals surface area contributed by atoms with Crippen molar-refractivity contribution in [3.8, 4) is 23.1 Å². The second-order valence-electron chi connectivity index (χ2n) is 4.67. The first kappa shape index (κ1) is 12.9. The highest BCUT2D eigenvalue weighted by molar-refractivity contribution is 5.69. The van der Waals surface area contributed by atoms with E-state index >= 15 is 0 Å². The Hall–Kier alpha value is -3.07. The minimum Gasteiger partial charge on any atom is -0.495 e. The highest BCUT2D eigenvalue weighted by atomic mass is 16.5. The van der Waals surface area contributed by atoms with E-state index in [1.54, 1.807) is 29.8 Å². The first-order valence-electron chi connectivity index (χ1n) is 6.32. The highest BCUT2D eigenvalue weighted by Crippen LogP contribution is 2.29. The lowest BCUT2D eigenvalue weighted by molar-refractivity contribution is 0.413. The fourth-order valence-corrected chi connectivity index (χ4v) is 2.23. The maximum absolute atomic E-state index is 9.20. The first-order valence-corrected chi connectivity index (χ1v) is 6.32. The van der Waals surface area contributed by atoms with Crippen LogP contribution < -0.4 is 10.5 Å². The number of ether oxygens (including phenoxy) is 1. The number of imidazole rings is 1. The predicted octanol–water partition coefficient (Wildman–Crippen LogP) is 2.17. The fourth-order valence-electron chi connectivity index (χ4n) is 2.23. The summed E-state index contributed by atoms with van der Waals surface area (Å²) < 4.78 is 7.00. The van der Waals surface area contributed by atoms with Crippen LogP contribution in [-0.4, -0.2) is 21.5 Å². The summed E-state index contributed by atoms with van der Waals surface area (Å²) >= 11 is 0. The number of hydrogen-bond donors (Lipinski definition) is 1. The van der Waals surface area contributed by atoms with Crippen LogP contribution in [0.25, 0.3) is 17.0 Å². The monoisotopic (exact) mass is 279 g/mol. The van der Waals surface area contributed by atoms with Gasteiger partial charge in [0.2, 0.25) is 5.78 Å². The number of aromatic nitrogens is 3. The van der Waals surface area contributed by atoms with Crippen molar-refractivity contribution >= 4 is 11.6 Å². The van der Waals surface area contributed by atoms with E-state index < -0.39 is 0 Å². The zero-order valence-electron chi connectivity index (χ0n) is 11.7. The topological polar surface area (TPSA) is 89.2 Å². The molecule has 2 aromatic heterocycles. The third-order valence-electron chi connectivity index (χ3n) is 3.29.